The maximum absolute atomic E-state index is 12.4. The molecule has 1 aromatic rings. The molecular formula is C20H31ClN2O2S. The quantitative estimate of drug-likeness (QED) is 0.367. The van der Waals surface area contributed by atoms with Gasteiger partial charge in [0.15, 0.2) is 0 Å². The number of carbonyl (C=O) groups excluding carboxylic acids is 1. The molecule has 26 heavy (non-hydrogen) atoms. The standard InChI is InChI=1S/C20H30N2O2S.ClH/c1-2-3-4-7-15-9-11-16(12-10-15)14-24-20(23)18(19(21)25)17-8-5-6-13-22-17;/h5-6,8,13,15-16,18H,2-4,7,9-12,14H2,1H3,(H2,21,25);1H. The summed E-state index contributed by atoms with van der Waals surface area (Å²) >= 11 is 5.05. The number of nitrogens with zero attached hydrogens (tertiary/aromatic N) is 1. The lowest BCUT2D eigenvalue weighted by Gasteiger charge is -2.28. The number of hydrogen-bond donors (Lipinski definition) is 1. The second kappa shape index (κ2) is 12.2. The van der Waals surface area contributed by atoms with Gasteiger partial charge in [0.1, 0.15) is 5.92 Å². The lowest BCUT2D eigenvalue weighted by molar-refractivity contribution is -0.145. The number of halogens is 1. The summed E-state index contributed by atoms with van der Waals surface area (Å²) in [4.78, 5) is 16.7. The molecule has 1 aliphatic carbocycles. The van der Waals surface area contributed by atoms with Crippen LogP contribution in [0.1, 0.15) is 69.9 Å². The first-order valence-corrected chi connectivity index (χ1v) is 9.89. The SMILES string of the molecule is CCCCCC1CCC(COC(=O)C(C(N)=S)c2ccccn2)CC1.Cl. The molecule has 0 aromatic carbocycles. The highest BCUT2D eigenvalue weighted by atomic mass is 35.5. The number of hydrogen-bond acceptors (Lipinski definition) is 4. The first-order valence-electron chi connectivity index (χ1n) is 9.48. The topological polar surface area (TPSA) is 65.2 Å². The third-order valence-electron chi connectivity index (χ3n) is 5.15. The Balaban J connectivity index is 0.00000338. The highest BCUT2D eigenvalue weighted by Gasteiger charge is 2.28. The number of unbranched alkanes of at least 4 members (excludes halogenated alkanes) is 2. The molecule has 6 heteroatoms. The summed E-state index contributed by atoms with van der Waals surface area (Å²) in [5, 5.41) is 0. The Labute approximate surface area is 168 Å². The largest absolute Gasteiger partial charge is 0.465 e. The third kappa shape index (κ3) is 7.20. The van der Waals surface area contributed by atoms with E-state index in [1.807, 2.05) is 6.07 Å². The number of carbonyl (C=O) groups is 1. The highest BCUT2D eigenvalue weighted by Crippen LogP contribution is 2.32. The number of ether oxygens (including phenoxy) is 1. The van der Waals surface area contributed by atoms with Crippen LogP contribution in [0, 0.1) is 11.8 Å². The Kier molecular flexibility index (Phi) is 10.7. The summed E-state index contributed by atoms with van der Waals surface area (Å²) in [6.07, 6.45) is 11.8. The van der Waals surface area contributed by atoms with E-state index >= 15 is 0 Å². The van der Waals surface area contributed by atoms with E-state index in [0.29, 0.717) is 18.2 Å². The fraction of sp³-hybridized carbons (Fsp3) is 0.650. The van der Waals surface area contributed by atoms with Crippen LogP contribution in [0.5, 0.6) is 0 Å². The van der Waals surface area contributed by atoms with Gasteiger partial charge in [-0.15, -0.1) is 12.4 Å². The molecule has 1 unspecified atom stereocenters. The van der Waals surface area contributed by atoms with Crippen LogP contribution in [0.25, 0.3) is 0 Å². The number of aromatic nitrogens is 1. The summed E-state index contributed by atoms with van der Waals surface area (Å²) in [7, 11) is 0. The van der Waals surface area contributed by atoms with Crippen molar-refractivity contribution < 1.29 is 9.53 Å². The van der Waals surface area contributed by atoms with Gasteiger partial charge in [0.25, 0.3) is 0 Å². The van der Waals surface area contributed by atoms with E-state index in [4.69, 9.17) is 22.7 Å². The first kappa shape index (κ1) is 22.8. The zero-order valence-corrected chi connectivity index (χ0v) is 17.2. The number of esters is 1. The highest BCUT2D eigenvalue weighted by molar-refractivity contribution is 7.80. The third-order valence-corrected chi connectivity index (χ3v) is 5.38. The van der Waals surface area contributed by atoms with E-state index in [9.17, 15) is 4.79 Å². The maximum Gasteiger partial charge on any atom is 0.322 e. The Bertz CT molecular complexity index is 548. The molecular weight excluding hydrogens is 368 g/mol. The van der Waals surface area contributed by atoms with Gasteiger partial charge in [0.05, 0.1) is 17.3 Å². The smallest absolute Gasteiger partial charge is 0.322 e. The molecule has 146 valence electrons. The second-order valence-electron chi connectivity index (χ2n) is 7.10. The second-order valence-corrected chi connectivity index (χ2v) is 7.57. The molecule has 2 N–H and O–H groups in total. The van der Waals surface area contributed by atoms with Crippen LogP contribution in [0.3, 0.4) is 0 Å². The van der Waals surface area contributed by atoms with E-state index < -0.39 is 5.92 Å². The van der Waals surface area contributed by atoms with Crippen molar-refractivity contribution in [1.29, 1.82) is 0 Å². The van der Waals surface area contributed by atoms with Gasteiger partial charge in [-0.1, -0.05) is 63.7 Å². The average Bonchev–Trinajstić information content (AvgIpc) is 2.62. The van der Waals surface area contributed by atoms with E-state index in [0.717, 1.165) is 18.8 Å². The fourth-order valence-electron chi connectivity index (χ4n) is 3.58. The van der Waals surface area contributed by atoms with Crippen molar-refractivity contribution in [1.82, 2.24) is 4.98 Å². The molecule has 0 bridgehead atoms. The van der Waals surface area contributed by atoms with Crippen LogP contribution in [-0.2, 0) is 9.53 Å². The van der Waals surface area contributed by atoms with Gasteiger partial charge >= 0.3 is 5.97 Å². The zero-order chi connectivity index (χ0) is 18.1. The molecule has 2 rings (SSSR count). The molecule has 1 atom stereocenters. The fourth-order valence-corrected chi connectivity index (χ4v) is 3.80. The van der Waals surface area contributed by atoms with E-state index in [1.165, 1.54) is 38.5 Å². The van der Waals surface area contributed by atoms with Crippen LogP contribution in [0.4, 0.5) is 0 Å². The molecule has 1 fully saturated rings. The van der Waals surface area contributed by atoms with Crippen LogP contribution < -0.4 is 5.73 Å². The monoisotopic (exact) mass is 398 g/mol. The minimum Gasteiger partial charge on any atom is -0.465 e. The van der Waals surface area contributed by atoms with Gasteiger partial charge in [0, 0.05) is 6.20 Å². The molecule has 0 aliphatic heterocycles. The number of thiocarbonyl (C=S) groups is 1. The summed E-state index contributed by atoms with van der Waals surface area (Å²) in [5.74, 6) is 0.191. The molecule has 1 aromatic heterocycles. The van der Waals surface area contributed by atoms with Crippen molar-refractivity contribution in [3.63, 3.8) is 0 Å². The molecule has 1 aliphatic rings. The van der Waals surface area contributed by atoms with Gasteiger partial charge in [-0.05, 0) is 36.8 Å². The number of rotatable bonds is 9. The molecule has 1 saturated carbocycles. The minimum absolute atomic E-state index is 0. The zero-order valence-electron chi connectivity index (χ0n) is 15.6. The number of nitrogens with two attached hydrogens (primary N) is 1. The molecule has 0 amide bonds. The Morgan fingerprint density at radius 2 is 1.96 bits per heavy atom. The molecule has 0 radical (unpaired) electrons. The lowest BCUT2D eigenvalue weighted by atomic mass is 9.80. The summed E-state index contributed by atoms with van der Waals surface area (Å²) in [6, 6.07) is 5.37. The Morgan fingerprint density at radius 3 is 2.54 bits per heavy atom. The van der Waals surface area contributed by atoms with Gasteiger partial charge in [0.2, 0.25) is 0 Å². The van der Waals surface area contributed by atoms with Crippen LogP contribution >= 0.6 is 24.6 Å². The van der Waals surface area contributed by atoms with Crippen LogP contribution in [0.15, 0.2) is 24.4 Å². The van der Waals surface area contributed by atoms with Crippen molar-refractivity contribution in [2.24, 2.45) is 17.6 Å². The first-order chi connectivity index (χ1) is 12.1. The van der Waals surface area contributed by atoms with Crippen molar-refractivity contribution in [2.45, 2.75) is 64.2 Å². The molecule has 0 spiro atoms. The molecule has 4 nitrogen and oxygen atoms in total. The maximum atomic E-state index is 12.4. The Morgan fingerprint density at radius 1 is 1.27 bits per heavy atom. The molecule has 0 saturated heterocycles. The molecule has 1 heterocycles. The van der Waals surface area contributed by atoms with E-state index in [-0.39, 0.29) is 23.4 Å². The predicted molar refractivity (Wildman–Crippen MR) is 112 cm³/mol. The van der Waals surface area contributed by atoms with Gasteiger partial charge in [-0.3, -0.25) is 9.78 Å². The van der Waals surface area contributed by atoms with Crippen molar-refractivity contribution >= 4 is 35.6 Å². The summed E-state index contributed by atoms with van der Waals surface area (Å²) in [5.41, 5.74) is 6.30. The van der Waals surface area contributed by atoms with Crippen LogP contribution in [0.2, 0.25) is 0 Å². The van der Waals surface area contributed by atoms with E-state index in [1.54, 1.807) is 18.3 Å². The van der Waals surface area contributed by atoms with Crippen molar-refractivity contribution in [3.8, 4) is 0 Å². The lowest BCUT2D eigenvalue weighted by Crippen LogP contribution is -2.30. The van der Waals surface area contributed by atoms with Crippen LogP contribution in [-0.4, -0.2) is 22.5 Å². The number of pyridine rings is 1. The normalized spacial score (nSPS) is 20.7. The predicted octanol–water partition coefficient (Wildman–Crippen LogP) is 4.80. The van der Waals surface area contributed by atoms with Gasteiger partial charge in [-0.25, -0.2) is 0 Å². The Hall–Kier alpha value is -1.20. The van der Waals surface area contributed by atoms with Crippen molar-refractivity contribution in [2.75, 3.05) is 6.61 Å². The van der Waals surface area contributed by atoms with Gasteiger partial charge in [-0.2, -0.15) is 0 Å². The summed E-state index contributed by atoms with van der Waals surface area (Å²) < 4.78 is 5.55. The van der Waals surface area contributed by atoms with Crippen molar-refractivity contribution in [3.05, 3.63) is 30.1 Å². The summed E-state index contributed by atoms with van der Waals surface area (Å²) in [6.45, 7) is 2.71. The average molecular weight is 399 g/mol. The van der Waals surface area contributed by atoms with E-state index in [2.05, 4.69) is 11.9 Å². The van der Waals surface area contributed by atoms with Gasteiger partial charge < -0.3 is 10.5 Å². The minimum atomic E-state index is -0.749.